The Kier molecular flexibility index (Phi) is 6.96. The molecule has 0 bridgehead atoms. The average molecular weight is 373 g/mol. The third-order valence-corrected chi connectivity index (χ3v) is 5.61. The largest absolute Gasteiger partial charge is 0.497 e. The van der Waals surface area contributed by atoms with Crippen molar-refractivity contribution in [2.75, 3.05) is 33.8 Å². The first-order valence-electron chi connectivity index (χ1n) is 10.1. The van der Waals surface area contributed by atoms with Gasteiger partial charge in [0.15, 0.2) is 5.96 Å². The van der Waals surface area contributed by atoms with Crippen molar-refractivity contribution in [3.05, 3.63) is 29.8 Å². The summed E-state index contributed by atoms with van der Waals surface area (Å²) in [6.07, 6.45) is 6.43. The lowest BCUT2D eigenvalue weighted by molar-refractivity contribution is -0.134. The van der Waals surface area contributed by atoms with Gasteiger partial charge < -0.3 is 20.3 Å². The maximum Gasteiger partial charge on any atom is 0.225 e. The summed E-state index contributed by atoms with van der Waals surface area (Å²) in [4.78, 5) is 18.9. The molecule has 1 aliphatic heterocycles. The lowest BCUT2D eigenvalue weighted by Gasteiger charge is -2.21. The van der Waals surface area contributed by atoms with Crippen molar-refractivity contribution in [2.24, 2.45) is 10.9 Å². The Bertz CT molecular complexity index is 655. The Morgan fingerprint density at radius 2 is 2.11 bits per heavy atom. The van der Waals surface area contributed by atoms with Crippen LogP contribution in [0.15, 0.2) is 29.3 Å². The van der Waals surface area contributed by atoms with Gasteiger partial charge in [-0.3, -0.25) is 9.79 Å². The van der Waals surface area contributed by atoms with E-state index in [2.05, 4.69) is 27.8 Å². The second kappa shape index (κ2) is 9.62. The van der Waals surface area contributed by atoms with Gasteiger partial charge in [0.2, 0.25) is 5.91 Å². The molecule has 1 aliphatic carbocycles. The van der Waals surface area contributed by atoms with Crippen molar-refractivity contribution in [1.82, 2.24) is 15.5 Å². The summed E-state index contributed by atoms with van der Waals surface area (Å²) >= 11 is 0. The number of likely N-dealkylation sites (tertiary alicyclic amines) is 1. The number of aliphatic imine (C=N–C) groups is 1. The topological polar surface area (TPSA) is 66.0 Å². The number of amides is 1. The first-order chi connectivity index (χ1) is 13.2. The molecule has 0 radical (unpaired) electrons. The number of nitrogens with zero attached hydrogens (tertiary/aromatic N) is 2. The minimum Gasteiger partial charge on any atom is -0.497 e. The van der Waals surface area contributed by atoms with Crippen molar-refractivity contribution in [3.8, 4) is 5.75 Å². The number of carbonyl (C=O) groups excluding carboxylic acids is 1. The first-order valence-corrected chi connectivity index (χ1v) is 10.1. The van der Waals surface area contributed by atoms with Crippen molar-refractivity contribution >= 4 is 11.9 Å². The van der Waals surface area contributed by atoms with E-state index in [4.69, 9.17) is 4.74 Å². The van der Waals surface area contributed by atoms with Crippen LogP contribution in [0.2, 0.25) is 0 Å². The molecule has 3 rings (SSSR count). The van der Waals surface area contributed by atoms with Crippen LogP contribution in [0.4, 0.5) is 0 Å². The molecular weight excluding hydrogens is 340 g/mol. The Morgan fingerprint density at radius 3 is 2.85 bits per heavy atom. The van der Waals surface area contributed by atoms with E-state index >= 15 is 0 Å². The summed E-state index contributed by atoms with van der Waals surface area (Å²) < 4.78 is 5.27. The van der Waals surface area contributed by atoms with Gasteiger partial charge in [0, 0.05) is 38.6 Å². The number of rotatable bonds is 6. The quantitative estimate of drug-likeness (QED) is 0.593. The van der Waals surface area contributed by atoms with Gasteiger partial charge in [0.25, 0.3) is 0 Å². The fourth-order valence-electron chi connectivity index (χ4n) is 4.05. The van der Waals surface area contributed by atoms with Gasteiger partial charge in [-0.05, 0) is 43.4 Å². The Balaban J connectivity index is 1.41. The highest BCUT2D eigenvalue weighted by Gasteiger charge is 2.32. The van der Waals surface area contributed by atoms with E-state index in [1.54, 1.807) is 14.2 Å². The summed E-state index contributed by atoms with van der Waals surface area (Å²) in [6.45, 7) is 2.43. The van der Waals surface area contributed by atoms with Crippen LogP contribution >= 0.6 is 0 Å². The van der Waals surface area contributed by atoms with Crippen molar-refractivity contribution in [1.29, 1.82) is 0 Å². The summed E-state index contributed by atoms with van der Waals surface area (Å²) in [5, 5.41) is 6.85. The SMILES string of the molecule is CN=C(NCCc1cccc(OC)c1)NC1CCN(C(=O)C2CCCC2)C1. The zero-order valence-corrected chi connectivity index (χ0v) is 16.5. The van der Waals surface area contributed by atoms with Crippen LogP contribution in [0, 0.1) is 5.92 Å². The third kappa shape index (κ3) is 5.37. The van der Waals surface area contributed by atoms with Gasteiger partial charge in [-0.2, -0.15) is 0 Å². The van der Waals surface area contributed by atoms with Crippen LogP contribution in [0.5, 0.6) is 5.75 Å². The zero-order valence-electron chi connectivity index (χ0n) is 16.5. The molecule has 1 unspecified atom stereocenters. The average Bonchev–Trinajstić information content (AvgIpc) is 3.39. The molecule has 1 atom stereocenters. The van der Waals surface area contributed by atoms with E-state index in [1.165, 1.54) is 18.4 Å². The summed E-state index contributed by atoms with van der Waals surface area (Å²) in [5.41, 5.74) is 1.23. The van der Waals surface area contributed by atoms with Crippen LogP contribution in [-0.4, -0.2) is 56.6 Å². The van der Waals surface area contributed by atoms with Gasteiger partial charge in [-0.15, -0.1) is 0 Å². The number of methoxy groups -OCH3 is 1. The second-order valence-corrected chi connectivity index (χ2v) is 7.50. The minimum atomic E-state index is 0.268. The molecular formula is C21H32N4O2. The smallest absolute Gasteiger partial charge is 0.225 e. The van der Waals surface area contributed by atoms with E-state index in [0.717, 1.165) is 57.0 Å². The van der Waals surface area contributed by atoms with Crippen molar-refractivity contribution in [3.63, 3.8) is 0 Å². The van der Waals surface area contributed by atoms with Crippen molar-refractivity contribution < 1.29 is 9.53 Å². The van der Waals surface area contributed by atoms with Crippen LogP contribution in [0.1, 0.15) is 37.7 Å². The number of carbonyl (C=O) groups is 1. The predicted molar refractivity (Wildman–Crippen MR) is 108 cm³/mol. The summed E-state index contributed by atoms with van der Waals surface area (Å²) in [6, 6.07) is 8.40. The monoisotopic (exact) mass is 372 g/mol. The molecule has 0 spiro atoms. The Labute approximate surface area is 162 Å². The lowest BCUT2D eigenvalue weighted by atomic mass is 10.1. The number of hydrogen-bond donors (Lipinski definition) is 2. The normalized spacial score (nSPS) is 20.7. The predicted octanol–water partition coefficient (Wildman–Crippen LogP) is 2.19. The number of hydrogen-bond acceptors (Lipinski definition) is 3. The number of benzene rings is 1. The Morgan fingerprint density at radius 1 is 1.30 bits per heavy atom. The zero-order chi connectivity index (χ0) is 19.1. The van der Waals surface area contributed by atoms with Crippen molar-refractivity contribution in [2.45, 2.75) is 44.6 Å². The van der Waals surface area contributed by atoms with Gasteiger partial charge in [-0.25, -0.2) is 0 Å². The molecule has 2 N–H and O–H groups in total. The molecule has 2 fully saturated rings. The maximum atomic E-state index is 12.6. The highest BCUT2D eigenvalue weighted by molar-refractivity contribution is 5.81. The summed E-state index contributed by atoms with van der Waals surface area (Å²) in [7, 11) is 3.47. The highest BCUT2D eigenvalue weighted by Crippen LogP contribution is 2.27. The first kappa shape index (κ1) is 19.5. The number of ether oxygens (including phenoxy) is 1. The fourth-order valence-corrected chi connectivity index (χ4v) is 4.05. The van der Waals surface area contributed by atoms with Gasteiger partial charge in [-0.1, -0.05) is 25.0 Å². The van der Waals surface area contributed by atoms with E-state index in [0.29, 0.717) is 5.91 Å². The molecule has 1 aromatic carbocycles. The van der Waals surface area contributed by atoms with Gasteiger partial charge >= 0.3 is 0 Å². The molecule has 0 aromatic heterocycles. The van der Waals surface area contributed by atoms with Gasteiger partial charge in [0.1, 0.15) is 5.75 Å². The van der Waals surface area contributed by atoms with E-state index in [1.807, 2.05) is 17.0 Å². The molecule has 1 amide bonds. The molecule has 27 heavy (non-hydrogen) atoms. The van der Waals surface area contributed by atoms with Crippen LogP contribution < -0.4 is 15.4 Å². The standard InChI is InChI=1S/C21H32N4O2/c1-22-21(23-12-10-16-6-5-9-19(14-16)27-2)24-18-11-13-25(15-18)20(26)17-7-3-4-8-17/h5-6,9,14,17-18H,3-4,7-8,10-13,15H2,1-2H3,(H2,22,23,24). The molecule has 1 heterocycles. The van der Waals surface area contributed by atoms with Crippen LogP contribution in [-0.2, 0) is 11.2 Å². The molecule has 1 saturated carbocycles. The minimum absolute atomic E-state index is 0.268. The number of guanidine groups is 1. The second-order valence-electron chi connectivity index (χ2n) is 7.50. The fraction of sp³-hybridized carbons (Fsp3) is 0.619. The molecule has 148 valence electrons. The summed E-state index contributed by atoms with van der Waals surface area (Å²) in [5.74, 6) is 2.31. The molecule has 6 nitrogen and oxygen atoms in total. The number of nitrogens with one attached hydrogen (secondary N) is 2. The van der Waals surface area contributed by atoms with E-state index in [-0.39, 0.29) is 12.0 Å². The third-order valence-electron chi connectivity index (χ3n) is 5.61. The molecule has 1 aromatic rings. The van der Waals surface area contributed by atoms with Crippen LogP contribution in [0.25, 0.3) is 0 Å². The van der Waals surface area contributed by atoms with Crippen LogP contribution in [0.3, 0.4) is 0 Å². The highest BCUT2D eigenvalue weighted by atomic mass is 16.5. The lowest BCUT2D eigenvalue weighted by Crippen LogP contribution is -2.45. The molecule has 2 aliphatic rings. The van der Waals surface area contributed by atoms with Gasteiger partial charge in [0.05, 0.1) is 7.11 Å². The maximum absolute atomic E-state index is 12.6. The molecule has 6 heteroatoms. The van der Waals surface area contributed by atoms with E-state index < -0.39 is 0 Å². The molecule has 1 saturated heterocycles. The van der Waals surface area contributed by atoms with E-state index in [9.17, 15) is 4.79 Å². The Hall–Kier alpha value is -2.24.